The summed E-state index contributed by atoms with van der Waals surface area (Å²) in [6.45, 7) is 4.68. The molecule has 1 heterocycles. The Hall–Kier alpha value is -3.34. The lowest BCUT2D eigenvalue weighted by molar-refractivity contribution is 0.0697. The maximum absolute atomic E-state index is 11.4. The molecule has 0 fully saturated rings. The van der Waals surface area contributed by atoms with E-state index in [4.69, 9.17) is 4.74 Å². The number of carboxylic acids is 1. The van der Waals surface area contributed by atoms with E-state index < -0.39 is 5.97 Å². The van der Waals surface area contributed by atoms with Crippen molar-refractivity contribution in [3.05, 3.63) is 83.7 Å². The first-order valence-electron chi connectivity index (χ1n) is 10.5. The van der Waals surface area contributed by atoms with Crippen LogP contribution in [0, 0.1) is 0 Å². The molecular formula is C25H28N2O3. The molecule has 1 aromatic heterocycles. The van der Waals surface area contributed by atoms with Crippen LogP contribution in [0.25, 0.3) is 0 Å². The van der Waals surface area contributed by atoms with Gasteiger partial charge in [0.15, 0.2) is 0 Å². The number of ether oxygens (including phenoxy) is 1. The van der Waals surface area contributed by atoms with Gasteiger partial charge >= 0.3 is 5.97 Å². The molecule has 0 saturated carbocycles. The predicted molar refractivity (Wildman–Crippen MR) is 120 cm³/mol. The Balaban J connectivity index is 0.00000124. The number of nitrogens with zero attached hydrogens (tertiary/aromatic N) is 1. The molecule has 0 aliphatic heterocycles. The van der Waals surface area contributed by atoms with Gasteiger partial charge in [-0.1, -0.05) is 38.1 Å². The van der Waals surface area contributed by atoms with Crippen LogP contribution in [-0.4, -0.2) is 22.6 Å². The van der Waals surface area contributed by atoms with Crippen LogP contribution in [0.2, 0.25) is 0 Å². The molecule has 0 radical (unpaired) electrons. The van der Waals surface area contributed by atoms with E-state index >= 15 is 0 Å². The molecule has 1 atom stereocenters. The Morgan fingerprint density at radius 3 is 2.70 bits per heavy atom. The van der Waals surface area contributed by atoms with E-state index in [-0.39, 0.29) is 5.56 Å². The van der Waals surface area contributed by atoms with Crippen LogP contribution in [0.4, 0.5) is 5.69 Å². The van der Waals surface area contributed by atoms with Crippen molar-refractivity contribution in [1.82, 2.24) is 4.98 Å². The summed E-state index contributed by atoms with van der Waals surface area (Å²) in [6.07, 6.45) is 6.28. The van der Waals surface area contributed by atoms with E-state index in [0.717, 1.165) is 30.8 Å². The molecule has 5 heteroatoms. The van der Waals surface area contributed by atoms with Gasteiger partial charge in [0.05, 0.1) is 17.4 Å². The summed E-state index contributed by atoms with van der Waals surface area (Å²) in [5, 5.41) is 12.6. The molecule has 1 unspecified atom stereocenters. The number of benzene rings is 2. The third kappa shape index (κ3) is 5.17. The van der Waals surface area contributed by atoms with E-state index in [2.05, 4.69) is 22.4 Å². The third-order valence-electron chi connectivity index (χ3n) is 5.12. The monoisotopic (exact) mass is 404 g/mol. The topological polar surface area (TPSA) is 71.5 Å². The van der Waals surface area contributed by atoms with E-state index in [1.807, 2.05) is 50.2 Å². The number of para-hydroxylation sites is 1. The lowest BCUT2D eigenvalue weighted by atomic mass is 9.82. The zero-order chi connectivity index (χ0) is 21.3. The number of hydrogen-bond acceptors (Lipinski definition) is 4. The van der Waals surface area contributed by atoms with Gasteiger partial charge in [0.2, 0.25) is 0 Å². The van der Waals surface area contributed by atoms with Crippen LogP contribution in [0.15, 0.2) is 67.0 Å². The number of carboxylic acid groups (broad SMARTS) is 1. The van der Waals surface area contributed by atoms with Crippen molar-refractivity contribution in [3.63, 3.8) is 0 Å². The third-order valence-corrected chi connectivity index (χ3v) is 5.12. The van der Waals surface area contributed by atoms with Crippen LogP contribution in [-0.2, 0) is 6.42 Å². The molecule has 3 aromatic rings. The van der Waals surface area contributed by atoms with Crippen molar-refractivity contribution in [3.8, 4) is 11.5 Å². The number of aromatic nitrogens is 1. The number of rotatable bonds is 6. The molecule has 30 heavy (non-hydrogen) atoms. The van der Waals surface area contributed by atoms with E-state index in [0.29, 0.717) is 18.2 Å². The van der Waals surface area contributed by atoms with Gasteiger partial charge in [-0.05, 0) is 60.7 Å². The normalized spacial score (nSPS) is 14.7. The minimum Gasteiger partial charge on any atom is -0.478 e. The Morgan fingerprint density at radius 1 is 1.13 bits per heavy atom. The molecule has 2 aromatic carbocycles. The average Bonchev–Trinajstić information content (AvgIpc) is 2.79. The molecule has 2 N–H and O–H groups in total. The fraction of sp³-hybridized carbons (Fsp3) is 0.280. The minimum absolute atomic E-state index is 0.248. The fourth-order valence-electron chi connectivity index (χ4n) is 3.75. The second-order valence-corrected chi connectivity index (χ2v) is 6.97. The highest BCUT2D eigenvalue weighted by molar-refractivity contribution is 5.93. The Kier molecular flexibility index (Phi) is 7.44. The molecule has 5 nitrogen and oxygen atoms in total. The number of carbonyl (C=O) groups is 1. The molecule has 1 aliphatic rings. The van der Waals surface area contributed by atoms with Crippen molar-refractivity contribution in [2.75, 3.05) is 11.9 Å². The van der Waals surface area contributed by atoms with Crippen LogP contribution < -0.4 is 10.1 Å². The molecule has 156 valence electrons. The Bertz CT molecular complexity index is 973. The largest absolute Gasteiger partial charge is 0.478 e. The Morgan fingerprint density at radius 2 is 1.93 bits per heavy atom. The summed E-state index contributed by atoms with van der Waals surface area (Å²) in [5.74, 6) is 1.06. The summed E-state index contributed by atoms with van der Waals surface area (Å²) < 4.78 is 5.96. The number of fused-ring (bicyclic) bond motifs is 1. The summed E-state index contributed by atoms with van der Waals surface area (Å²) in [5.41, 5.74) is 3.42. The number of nitrogens with one attached hydrogen (secondary N) is 1. The summed E-state index contributed by atoms with van der Waals surface area (Å²) in [6, 6.07) is 17.6. The van der Waals surface area contributed by atoms with Crippen molar-refractivity contribution in [1.29, 1.82) is 0 Å². The minimum atomic E-state index is -0.948. The first-order chi connectivity index (χ1) is 14.7. The standard InChI is InChI=1S/C23H22N2O3.C2H6/c26-23(27)21-11-12-24-15-22(21)25-14-17-6-4-5-16-13-19(9-10-20(16)17)28-18-7-2-1-3-8-18;1-2/h1-3,7-13,15,17,25H,4-6,14H2,(H,26,27);1-2H3. The molecule has 1 aliphatic carbocycles. The number of hydrogen-bond donors (Lipinski definition) is 2. The maximum atomic E-state index is 11.4. The van der Waals surface area contributed by atoms with Gasteiger partial charge in [-0.15, -0.1) is 0 Å². The van der Waals surface area contributed by atoms with Crippen molar-refractivity contribution < 1.29 is 14.6 Å². The van der Waals surface area contributed by atoms with Gasteiger partial charge in [-0.2, -0.15) is 0 Å². The molecule has 4 rings (SSSR count). The lowest BCUT2D eigenvalue weighted by Crippen LogP contribution is -2.19. The second-order valence-electron chi connectivity index (χ2n) is 6.97. The number of anilines is 1. The molecule has 0 bridgehead atoms. The molecular weight excluding hydrogens is 376 g/mol. The average molecular weight is 405 g/mol. The SMILES string of the molecule is CC.O=C(O)c1ccncc1NCC1CCCc2cc(Oc3ccccc3)ccc21. The van der Waals surface area contributed by atoms with Crippen LogP contribution in [0.3, 0.4) is 0 Å². The van der Waals surface area contributed by atoms with Crippen LogP contribution in [0.1, 0.15) is 54.1 Å². The van der Waals surface area contributed by atoms with Crippen molar-refractivity contribution >= 4 is 11.7 Å². The van der Waals surface area contributed by atoms with Gasteiger partial charge in [0.25, 0.3) is 0 Å². The second kappa shape index (κ2) is 10.4. The highest BCUT2D eigenvalue weighted by Gasteiger charge is 2.21. The zero-order valence-electron chi connectivity index (χ0n) is 17.5. The number of aryl methyl sites for hydroxylation is 1. The maximum Gasteiger partial charge on any atom is 0.337 e. The predicted octanol–water partition coefficient (Wildman–Crippen LogP) is 6.13. The highest BCUT2D eigenvalue weighted by atomic mass is 16.5. The highest BCUT2D eigenvalue weighted by Crippen LogP contribution is 2.35. The van der Waals surface area contributed by atoms with Gasteiger partial charge in [-0.3, -0.25) is 4.98 Å². The number of aromatic carboxylic acids is 1. The lowest BCUT2D eigenvalue weighted by Gasteiger charge is -2.27. The van der Waals surface area contributed by atoms with E-state index in [1.165, 1.54) is 23.4 Å². The van der Waals surface area contributed by atoms with Gasteiger partial charge in [0, 0.05) is 18.7 Å². The van der Waals surface area contributed by atoms with Crippen molar-refractivity contribution in [2.45, 2.75) is 39.0 Å². The van der Waals surface area contributed by atoms with Gasteiger partial charge in [-0.25, -0.2) is 4.79 Å². The quantitative estimate of drug-likeness (QED) is 0.517. The zero-order valence-corrected chi connectivity index (χ0v) is 17.5. The Labute approximate surface area is 177 Å². The molecule has 0 spiro atoms. The van der Waals surface area contributed by atoms with Crippen LogP contribution in [0.5, 0.6) is 11.5 Å². The fourth-order valence-corrected chi connectivity index (χ4v) is 3.75. The van der Waals surface area contributed by atoms with E-state index in [1.54, 1.807) is 6.20 Å². The summed E-state index contributed by atoms with van der Waals surface area (Å²) >= 11 is 0. The van der Waals surface area contributed by atoms with Gasteiger partial charge < -0.3 is 15.2 Å². The number of pyridine rings is 1. The summed E-state index contributed by atoms with van der Waals surface area (Å²) in [4.78, 5) is 15.4. The first-order valence-corrected chi connectivity index (χ1v) is 10.5. The smallest absolute Gasteiger partial charge is 0.337 e. The van der Waals surface area contributed by atoms with E-state index in [9.17, 15) is 9.90 Å². The molecule has 0 amide bonds. The van der Waals surface area contributed by atoms with Gasteiger partial charge in [0.1, 0.15) is 11.5 Å². The van der Waals surface area contributed by atoms with Crippen molar-refractivity contribution in [2.24, 2.45) is 0 Å². The summed E-state index contributed by atoms with van der Waals surface area (Å²) in [7, 11) is 0. The molecule has 0 saturated heterocycles. The first kappa shape index (κ1) is 21.4. The van der Waals surface area contributed by atoms with Crippen LogP contribution >= 0.6 is 0 Å².